The van der Waals surface area contributed by atoms with Gasteiger partial charge in [-0.3, -0.25) is 9.89 Å². The van der Waals surface area contributed by atoms with Crippen LogP contribution in [0.3, 0.4) is 0 Å². The van der Waals surface area contributed by atoms with Crippen LogP contribution in [-0.4, -0.2) is 33.2 Å². The van der Waals surface area contributed by atoms with Gasteiger partial charge in [0.05, 0.1) is 0 Å². The Hall–Kier alpha value is -2.70. The number of carbonyl (C=O) groups is 2. The van der Waals surface area contributed by atoms with Crippen LogP contribution < -0.4 is 4.90 Å². The lowest BCUT2D eigenvalue weighted by molar-refractivity contribution is 0.0690. The lowest BCUT2D eigenvalue weighted by Crippen LogP contribution is -2.44. The standard InChI is InChI=1S/C15H14FN3O3/c16-9-4-6-11(7-5-9)19(10-2-1-3-10)14(20)12-8-13(15(21)22)18-17-12/h4-8,10H,1-3H2,(H,17,18)(H,21,22). The number of hydrogen-bond donors (Lipinski definition) is 2. The largest absolute Gasteiger partial charge is 0.477 e. The number of rotatable bonds is 4. The number of nitrogens with zero attached hydrogens (tertiary/aromatic N) is 2. The van der Waals surface area contributed by atoms with Gasteiger partial charge in [0, 0.05) is 17.8 Å². The molecule has 1 aliphatic carbocycles. The Balaban J connectivity index is 1.92. The van der Waals surface area contributed by atoms with E-state index in [1.54, 1.807) is 4.90 Å². The van der Waals surface area contributed by atoms with E-state index < -0.39 is 5.97 Å². The summed E-state index contributed by atoms with van der Waals surface area (Å²) in [5, 5.41) is 15.0. The number of aromatic amines is 1. The SMILES string of the molecule is O=C(O)c1cc(C(=O)N(c2ccc(F)cc2)C2CCC2)n[nH]1. The van der Waals surface area contributed by atoms with E-state index in [2.05, 4.69) is 10.2 Å². The van der Waals surface area contributed by atoms with Crippen LogP contribution in [0.5, 0.6) is 0 Å². The molecule has 1 aromatic carbocycles. The molecule has 1 aliphatic rings. The molecular formula is C15H14FN3O3. The molecule has 1 amide bonds. The van der Waals surface area contributed by atoms with Gasteiger partial charge >= 0.3 is 5.97 Å². The highest BCUT2D eigenvalue weighted by molar-refractivity contribution is 6.06. The minimum absolute atomic E-state index is 0.0305. The lowest BCUT2D eigenvalue weighted by atomic mass is 9.90. The first-order chi connectivity index (χ1) is 10.6. The van der Waals surface area contributed by atoms with Crippen LogP contribution in [0.4, 0.5) is 10.1 Å². The van der Waals surface area contributed by atoms with Crippen LogP contribution in [0.1, 0.15) is 40.2 Å². The van der Waals surface area contributed by atoms with Crippen molar-refractivity contribution in [1.29, 1.82) is 0 Å². The van der Waals surface area contributed by atoms with E-state index in [1.165, 1.54) is 30.3 Å². The molecule has 22 heavy (non-hydrogen) atoms. The van der Waals surface area contributed by atoms with Gasteiger partial charge in [0.1, 0.15) is 11.5 Å². The zero-order chi connectivity index (χ0) is 15.7. The van der Waals surface area contributed by atoms with Gasteiger partial charge in [0.2, 0.25) is 0 Å². The summed E-state index contributed by atoms with van der Waals surface area (Å²) >= 11 is 0. The number of nitrogens with one attached hydrogen (secondary N) is 1. The van der Waals surface area contributed by atoms with E-state index >= 15 is 0 Å². The molecule has 0 radical (unpaired) electrons. The number of aromatic carboxylic acids is 1. The van der Waals surface area contributed by atoms with Crippen molar-refractivity contribution >= 4 is 17.6 Å². The molecule has 0 atom stereocenters. The molecule has 1 saturated carbocycles. The fourth-order valence-corrected chi connectivity index (χ4v) is 2.40. The highest BCUT2D eigenvalue weighted by Gasteiger charge is 2.32. The fourth-order valence-electron chi connectivity index (χ4n) is 2.40. The molecule has 1 aromatic heterocycles. The monoisotopic (exact) mass is 303 g/mol. The molecule has 3 rings (SSSR count). The maximum Gasteiger partial charge on any atom is 0.353 e. The first-order valence-electron chi connectivity index (χ1n) is 6.94. The number of halogens is 1. The Morgan fingerprint density at radius 1 is 1.27 bits per heavy atom. The lowest BCUT2D eigenvalue weighted by Gasteiger charge is -2.37. The normalized spacial score (nSPS) is 14.4. The minimum Gasteiger partial charge on any atom is -0.477 e. The molecule has 0 saturated heterocycles. The number of carbonyl (C=O) groups excluding carboxylic acids is 1. The Labute approximate surface area is 125 Å². The molecular weight excluding hydrogens is 289 g/mol. The molecule has 0 bridgehead atoms. The summed E-state index contributed by atoms with van der Waals surface area (Å²) in [6.07, 6.45) is 2.75. The van der Waals surface area contributed by atoms with Gasteiger partial charge in [0.15, 0.2) is 5.69 Å². The molecule has 1 heterocycles. The maximum atomic E-state index is 13.1. The van der Waals surface area contributed by atoms with Gasteiger partial charge in [0.25, 0.3) is 5.91 Å². The fraction of sp³-hybridized carbons (Fsp3) is 0.267. The number of carboxylic acids is 1. The van der Waals surface area contributed by atoms with Crippen molar-refractivity contribution in [3.05, 3.63) is 47.5 Å². The Morgan fingerprint density at radius 3 is 2.45 bits per heavy atom. The molecule has 2 aromatic rings. The number of carboxylic acid groups (broad SMARTS) is 1. The number of anilines is 1. The number of H-pyrrole nitrogens is 1. The number of hydrogen-bond acceptors (Lipinski definition) is 3. The summed E-state index contributed by atoms with van der Waals surface area (Å²) in [5.74, 6) is -1.94. The number of aromatic nitrogens is 2. The summed E-state index contributed by atoms with van der Waals surface area (Å²) in [5.41, 5.74) is 0.473. The van der Waals surface area contributed by atoms with Crippen molar-refractivity contribution in [2.75, 3.05) is 4.90 Å². The van der Waals surface area contributed by atoms with Crippen molar-refractivity contribution < 1.29 is 19.1 Å². The van der Waals surface area contributed by atoms with E-state index in [0.717, 1.165) is 19.3 Å². The number of benzene rings is 1. The van der Waals surface area contributed by atoms with Crippen molar-refractivity contribution in [2.24, 2.45) is 0 Å². The van der Waals surface area contributed by atoms with Crippen LogP contribution >= 0.6 is 0 Å². The van der Waals surface area contributed by atoms with Crippen LogP contribution in [-0.2, 0) is 0 Å². The molecule has 0 unspecified atom stereocenters. The summed E-state index contributed by atoms with van der Waals surface area (Å²) in [4.78, 5) is 25.1. The minimum atomic E-state index is -1.18. The van der Waals surface area contributed by atoms with E-state index in [4.69, 9.17) is 5.11 Å². The number of amides is 1. The molecule has 6 nitrogen and oxygen atoms in total. The van der Waals surface area contributed by atoms with Crippen LogP contribution in [0.25, 0.3) is 0 Å². The van der Waals surface area contributed by atoms with Crippen molar-refractivity contribution in [3.63, 3.8) is 0 Å². The van der Waals surface area contributed by atoms with Gasteiger partial charge in [-0.15, -0.1) is 0 Å². The van der Waals surface area contributed by atoms with E-state index in [9.17, 15) is 14.0 Å². The first kappa shape index (κ1) is 14.2. The predicted octanol–water partition coefficient (Wildman–Crippen LogP) is 2.45. The predicted molar refractivity (Wildman–Crippen MR) is 76.4 cm³/mol. The summed E-state index contributed by atoms with van der Waals surface area (Å²) in [6, 6.07) is 6.90. The third-order valence-corrected chi connectivity index (χ3v) is 3.79. The molecule has 0 aliphatic heterocycles. The maximum absolute atomic E-state index is 13.1. The van der Waals surface area contributed by atoms with Gasteiger partial charge in [-0.1, -0.05) is 0 Å². The second kappa shape index (κ2) is 5.59. The zero-order valence-corrected chi connectivity index (χ0v) is 11.6. The second-order valence-corrected chi connectivity index (χ2v) is 5.21. The third-order valence-electron chi connectivity index (χ3n) is 3.79. The average molecular weight is 303 g/mol. The van der Waals surface area contributed by atoms with E-state index in [0.29, 0.717) is 5.69 Å². The van der Waals surface area contributed by atoms with Crippen LogP contribution in [0, 0.1) is 5.82 Å². The molecule has 0 spiro atoms. The molecule has 1 fully saturated rings. The Bertz CT molecular complexity index is 707. The van der Waals surface area contributed by atoms with Crippen LogP contribution in [0.2, 0.25) is 0 Å². The Kier molecular flexibility index (Phi) is 3.62. The van der Waals surface area contributed by atoms with E-state index in [-0.39, 0.29) is 29.2 Å². The van der Waals surface area contributed by atoms with Gasteiger partial charge < -0.3 is 10.0 Å². The topological polar surface area (TPSA) is 86.3 Å². The molecule has 7 heteroatoms. The average Bonchev–Trinajstić information content (AvgIpc) is 2.93. The molecule has 2 N–H and O–H groups in total. The van der Waals surface area contributed by atoms with Gasteiger partial charge in [-0.05, 0) is 43.5 Å². The Morgan fingerprint density at radius 2 is 1.95 bits per heavy atom. The zero-order valence-electron chi connectivity index (χ0n) is 11.6. The van der Waals surface area contributed by atoms with Gasteiger partial charge in [-0.25, -0.2) is 9.18 Å². The highest BCUT2D eigenvalue weighted by atomic mass is 19.1. The summed E-state index contributed by atoms with van der Waals surface area (Å²) < 4.78 is 13.1. The van der Waals surface area contributed by atoms with Crippen molar-refractivity contribution in [2.45, 2.75) is 25.3 Å². The summed E-state index contributed by atoms with van der Waals surface area (Å²) in [6.45, 7) is 0. The summed E-state index contributed by atoms with van der Waals surface area (Å²) in [7, 11) is 0. The first-order valence-corrected chi connectivity index (χ1v) is 6.94. The van der Waals surface area contributed by atoms with Crippen molar-refractivity contribution in [3.8, 4) is 0 Å². The van der Waals surface area contributed by atoms with E-state index in [1.807, 2.05) is 0 Å². The van der Waals surface area contributed by atoms with Gasteiger partial charge in [-0.2, -0.15) is 5.10 Å². The third kappa shape index (κ3) is 2.57. The quantitative estimate of drug-likeness (QED) is 0.908. The smallest absolute Gasteiger partial charge is 0.353 e. The highest BCUT2D eigenvalue weighted by Crippen LogP contribution is 2.31. The molecule has 114 valence electrons. The second-order valence-electron chi connectivity index (χ2n) is 5.21. The van der Waals surface area contributed by atoms with Crippen LogP contribution in [0.15, 0.2) is 30.3 Å². The van der Waals surface area contributed by atoms with Crippen molar-refractivity contribution in [1.82, 2.24) is 10.2 Å².